The highest BCUT2D eigenvalue weighted by Crippen LogP contribution is 2.33. The number of rotatable bonds is 4. The van der Waals surface area contributed by atoms with Crippen molar-refractivity contribution in [3.63, 3.8) is 0 Å². The van der Waals surface area contributed by atoms with Gasteiger partial charge in [-0.1, -0.05) is 36.4 Å². The molecule has 1 amide bonds. The van der Waals surface area contributed by atoms with Crippen molar-refractivity contribution in [1.82, 2.24) is 0 Å². The third-order valence-corrected chi connectivity index (χ3v) is 5.54. The van der Waals surface area contributed by atoms with E-state index in [0.717, 1.165) is 22.3 Å². The Morgan fingerprint density at radius 3 is 2.69 bits per heavy atom. The standard InChI is InChI=1S/C20H16N2O3S/c23-20(13-26-18-8-6-14-3-1-2-4-16(14)11-18)21-10-9-15-5-7-17(22(24)25)12-19(15)21/h1-8,11-12H,9-10,13H2. The fraction of sp³-hybridized carbons (Fsp3) is 0.150. The zero-order valence-electron chi connectivity index (χ0n) is 13.9. The van der Waals surface area contributed by atoms with Gasteiger partial charge in [-0.15, -0.1) is 11.8 Å². The molecular formula is C20H16N2O3S. The van der Waals surface area contributed by atoms with E-state index in [4.69, 9.17) is 0 Å². The number of hydrogen-bond acceptors (Lipinski definition) is 4. The van der Waals surface area contributed by atoms with Gasteiger partial charge in [0, 0.05) is 23.6 Å². The summed E-state index contributed by atoms with van der Waals surface area (Å²) in [5.41, 5.74) is 1.67. The monoisotopic (exact) mass is 364 g/mol. The van der Waals surface area contributed by atoms with Crippen LogP contribution in [-0.2, 0) is 11.2 Å². The normalized spacial score (nSPS) is 13.0. The number of hydrogen-bond donors (Lipinski definition) is 0. The first-order valence-electron chi connectivity index (χ1n) is 8.31. The highest BCUT2D eigenvalue weighted by Gasteiger charge is 2.26. The highest BCUT2D eigenvalue weighted by atomic mass is 32.2. The maximum Gasteiger partial charge on any atom is 0.271 e. The van der Waals surface area contributed by atoms with E-state index in [9.17, 15) is 14.9 Å². The van der Waals surface area contributed by atoms with Gasteiger partial charge in [0.1, 0.15) is 0 Å². The molecule has 0 fully saturated rings. The molecule has 0 atom stereocenters. The summed E-state index contributed by atoms with van der Waals surface area (Å²) >= 11 is 1.49. The van der Waals surface area contributed by atoms with Crippen LogP contribution in [0, 0.1) is 10.1 Å². The number of nitro groups is 1. The molecule has 1 aliphatic rings. The maximum atomic E-state index is 12.7. The number of anilines is 1. The maximum absolute atomic E-state index is 12.7. The minimum absolute atomic E-state index is 0.0191. The third-order valence-electron chi connectivity index (χ3n) is 4.56. The van der Waals surface area contributed by atoms with Gasteiger partial charge >= 0.3 is 0 Å². The summed E-state index contributed by atoms with van der Waals surface area (Å²) in [7, 11) is 0. The van der Waals surface area contributed by atoms with E-state index in [-0.39, 0.29) is 11.6 Å². The lowest BCUT2D eigenvalue weighted by atomic mass is 10.1. The number of nitro benzene ring substituents is 1. The lowest BCUT2D eigenvalue weighted by molar-refractivity contribution is -0.384. The Morgan fingerprint density at radius 1 is 1.08 bits per heavy atom. The molecular weight excluding hydrogens is 348 g/mol. The molecule has 3 aromatic carbocycles. The molecule has 0 bridgehead atoms. The van der Waals surface area contributed by atoms with Crippen LogP contribution in [0.4, 0.5) is 11.4 Å². The first-order valence-corrected chi connectivity index (χ1v) is 9.30. The number of non-ortho nitro benzene ring substituents is 1. The largest absolute Gasteiger partial charge is 0.311 e. The SMILES string of the molecule is O=C(CSc1ccc2ccccc2c1)N1CCc2ccc([N+](=O)[O-])cc21. The van der Waals surface area contributed by atoms with Gasteiger partial charge in [-0.2, -0.15) is 0 Å². The van der Waals surface area contributed by atoms with Gasteiger partial charge in [-0.25, -0.2) is 0 Å². The van der Waals surface area contributed by atoms with Crippen LogP contribution in [0.5, 0.6) is 0 Å². The van der Waals surface area contributed by atoms with Crippen molar-refractivity contribution in [2.75, 3.05) is 17.2 Å². The first-order chi connectivity index (χ1) is 12.6. The minimum Gasteiger partial charge on any atom is -0.311 e. The van der Waals surface area contributed by atoms with Crippen molar-refractivity contribution in [3.8, 4) is 0 Å². The number of thioether (sulfide) groups is 1. The number of amides is 1. The smallest absolute Gasteiger partial charge is 0.271 e. The van der Waals surface area contributed by atoms with Gasteiger partial charge in [0.25, 0.3) is 5.69 Å². The van der Waals surface area contributed by atoms with Crippen LogP contribution < -0.4 is 4.90 Å². The van der Waals surface area contributed by atoms with Gasteiger partial charge in [-0.3, -0.25) is 14.9 Å². The van der Waals surface area contributed by atoms with Crippen molar-refractivity contribution < 1.29 is 9.72 Å². The molecule has 4 rings (SSSR count). The first kappa shape index (κ1) is 16.6. The van der Waals surface area contributed by atoms with E-state index < -0.39 is 4.92 Å². The van der Waals surface area contributed by atoms with Crippen molar-refractivity contribution in [1.29, 1.82) is 0 Å². The topological polar surface area (TPSA) is 63.5 Å². The van der Waals surface area contributed by atoms with Crippen LogP contribution >= 0.6 is 11.8 Å². The number of carbonyl (C=O) groups excluding carboxylic acids is 1. The molecule has 1 aliphatic heterocycles. The number of carbonyl (C=O) groups is 1. The van der Waals surface area contributed by atoms with E-state index in [0.29, 0.717) is 18.0 Å². The van der Waals surface area contributed by atoms with E-state index in [1.165, 1.54) is 29.3 Å². The summed E-state index contributed by atoms with van der Waals surface area (Å²) in [5.74, 6) is 0.280. The van der Waals surface area contributed by atoms with Crippen LogP contribution in [0.1, 0.15) is 5.56 Å². The van der Waals surface area contributed by atoms with Crippen molar-refractivity contribution in [2.24, 2.45) is 0 Å². The molecule has 0 spiro atoms. The van der Waals surface area contributed by atoms with E-state index in [1.807, 2.05) is 18.2 Å². The summed E-state index contributed by atoms with van der Waals surface area (Å²) < 4.78 is 0. The predicted molar refractivity (Wildman–Crippen MR) is 104 cm³/mol. The van der Waals surface area contributed by atoms with Crippen LogP contribution in [0.15, 0.2) is 65.6 Å². The molecule has 3 aromatic rings. The Labute approximate surface area is 154 Å². The lowest BCUT2D eigenvalue weighted by Crippen LogP contribution is -2.30. The van der Waals surface area contributed by atoms with Crippen LogP contribution in [0.3, 0.4) is 0 Å². The summed E-state index contributed by atoms with van der Waals surface area (Å²) in [5, 5.41) is 13.3. The van der Waals surface area contributed by atoms with Crippen LogP contribution in [-0.4, -0.2) is 23.1 Å². The second-order valence-corrected chi connectivity index (χ2v) is 7.21. The summed E-state index contributed by atoms with van der Waals surface area (Å²) in [4.78, 5) is 25.9. The molecule has 0 unspecified atom stereocenters. The molecule has 5 nitrogen and oxygen atoms in total. The number of nitrogens with zero attached hydrogens (tertiary/aromatic N) is 2. The Morgan fingerprint density at radius 2 is 1.88 bits per heavy atom. The van der Waals surface area contributed by atoms with E-state index in [1.54, 1.807) is 11.0 Å². The van der Waals surface area contributed by atoms with Gasteiger partial charge in [0.05, 0.1) is 16.4 Å². The molecule has 0 saturated carbocycles. The molecule has 0 radical (unpaired) electrons. The molecule has 6 heteroatoms. The van der Waals surface area contributed by atoms with Crippen molar-refractivity contribution >= 4 is 39.8 Å². The molecule has 0 aliphatic carbocycles. The van der Waals surface area contributed by atoms with Crippen LogP contribution in [0.25, 0.3) is 10.8 Å². The van der Waals surface area contributed by atoms with Crippen molar-refractivity contribution in [3.05, 3.63) is 76.3 Å². The average Bonchev–Trinajstić information content (AvgIpc) is 3.09. The van der Waals surface area contributed by atoms with E-state index in [2.05, 4.69) is 24.3 Å². The molecule has 0 saturated heterocycles. The molecule has 26 heavy (non-hydrogen) atoms. The van der Waals surface area contributed by atoms with Crippen molar-refractivity contribution in [2.45, 2.75) is 11.3 Å². The predicted octanol–water partition coefficient (Wildman–Crippen LogP) is 4.43. The Kier molecular flexibility index (Phi) is 4.34. The lowest BCUT2D eigenvalue weighted by Gasteiger charge is -2.17. The Balaban J connectivity index is 1.49. The molecule has 1 heterocycles. The van der Waals surface area contributed by atoms with E-state index >= 15 is 0 Å². The molecule has 0 N–H and O–H groups in total. The Bertz CT molecular complexity index is 1020. The molecule has 130 valence electrons. The quantitative estimate of drug-likeness (QED) is 0.390. The fourth-order valence-electron chi connectivity index (χ4n) is 3.22. The summed E-state index contributed by atoms with van der Waals surface area (Å²) in [6, 6.07) is 19.0. The summed E-state index contributed by atoms with van der Waals surface area (Å²) in [6.45, 7) is 0.577. The fourth-order valence-corrected chi connectivity index (χ4v) is 4.04. The van der Waals surface area contributed by atoms with Gasteiger partial charge in [0.2, 0.25) is 5.91 Å². The zero-order valence-corrected chi connectivity index (χ0v) is 14.7. The average molecular weight is 364 g/mol. The minimum atomic E-state index is -0.426. The van der Waals surface area contributed by atoms with Gasteiger partial charge in [-0.05, 0) is 34.9 Å². The zero-order chi connectivity index (χ0) is 18.1. The molecule has 0 aromatic heterocycles. The van der Waals surface area contributed by atoms with Gasteiger partial charge in [0.15, 0.2) is 0 Å². The Hall–Kier alpha value is -2.86. The second-order valence-electron chi connectivity index (χ2n) is 6.16. The van der Waals surface area contributed by atoms with Gasteiger partial charge < -0.3 is 4.90 Å². The highest BCUT2D eigenvalue weighted by molar-refractivity contribution is 8.00. The second kappa shape index (κ2) is 6.80. The number of benzene rings is 3. The van der Waals surface area contributed by atoms with Crippen LogP contribution in [0.2, 0.25) is 0 Å². The summed E-state index contributed by atoms with van der Waals surface area (Å²) in [6.07, 6.45) is 0.736. The number of fused-ring (bicyclic) bond motifs is 2. The third kappa shape index (κ3) is 3.15.